The second-order valence-electron chi connectivity index (χ2n) is 4.52. The fourth-order valence-corrected chi connectivity index (χ4v) is 3.52. The molecule has 0 aliphatic rings. The van der Waals surface area contributed by atoms with E-state index in [4.69, 9.17) is 0 Å². The molecule has 6 heteroatoms. The van der Waals surface area contributed by atoms with Crippen LogP contribution in [0.3, 0.4) is 0 Å². The number of fused-ring (bicyclic) bond motifs is 1. The molecule has 0 atom stereocenters. The summed E-state index contributed by atoms with van der Waals surface area (Å²) in [4.78, 5) is 21.4. The topological polar surface area (TPSA) is 54.9 Å². The lowest BCUT2D eigenvalue weighted by atomic mass is 10.2. The van der Waals surface area contributed by atoms with Crippen LogP contribution in [0.15, 0.2) is 47.1 Å². The van der Waals surface area contributed by atoms with Gasteiger partial charge in [0.05, 0.1) is 5.75 Å². The number of nitrogens with zero attached hydrogens (tertiary/aromatic N) is 2. The van der Waals surface area contributed by atoms with Crippen molar-refractivity contribution in [1.82, 2.24) is 9.97 Å². The molecule has 0 fully saturated rings. The summed E-state index contributed by atoms with van der Waals surface area (Å²) in [7, 11) is 0. The largest absolute Gasteiger partial charge is 0.325 e. The quantitative estimate of drug-likeness (QED) is 0.589. The number of hydrogen-bond donors (Lipinski definition) is 1. The molecule has 0 aliphatic carbocycles. The van der Waals surface area contributed by atoms with Crippen molar-refractivity contribution in [3.63, 3.8) is 0 Å². The van der Waals surface area contributed by atoms with Gasteiger partial charge in [-0.1, -0.05) is 23.9 Å². The smallest absolute Gasteiger partial charge is 0.234 e. The van der Waals surface area contributed by atoms with Crippen LogP contribution >= 0.6 is 23.1 Å². The standard InChI is InChI=1S/C15H13N3OS2/c1-10-3-2-4-11(7-10)18-13(19)8-21-15-12-5-6-20-14(12)16-9-17-15/h2-7,9H,8H2,1H3,(H,18,19). The van der Waals surface area contributed by atoms with Crippen molar-refractivity contribution in [1.29, 1.82) is 0 Å². The predicted octanol–water partition coefficient (Wildman–Crippen LogP) is 3.73. The Labute approximate surface area is 130 Å². The highest BCUT2D eigenvalue weighted by molar-refractivity contribution is 8.00. The van der Waals surface area contributed by atoms with Gasteiger partial charge in [-0.15, -0.1) is 11.3 Å². The molecular weight excluding hydrogens is 302 g/mol. The van der Waals surface area contributed by atoms with Crippen molar-refractivity contribution >= 4 is 44.9 Å². The zero-order valence-electron chi connectivity index (χ0n) is 11.4. The number of aryl methyl sites for hydroxylation is 1. The Morgan fingerprint density at radius 3 is 3.10 bits per heavy atom. The minimum atomic E-state index is -0.0346. The SMILES string of the molecule is Cc1cccc(NC(=O)CSc2ncnc3sccc23)c1. The van der Waals surface area contributed by atoms with E-state index in [1.165, 1.54) is 11.8 Å². The highest BCUT2D eigenvalue weighted by Crippen LogP contribution is 2.27. The van der Waals surface area contributed by atoms with Gasteiger partial charge in [0.15, 0.2) is 0 Å². The summed E-state index contributed by atoms with van der Waals surface area (Å²) < 4.78 is 0. The van der Waals surface area contributed by atoms with E-state index in [0.29, 0.717) is 5.75 Å². The van der Waals surface area contributed by atoms with E-state index in [9.17, 15) is 4.79 Å². The van der Waals surface area contributed by atoms with Gasteiger partial charge in [-0.3, -0.25) is 4.79 Å². The molecule has 3 aromatic rings. The Kier molecular flexibility index (Phi) is 4.17. The molecular formula is C15H13N3OS2. The first kappa shape index (κ1) is 14.0. The van der Waals surface area contributed by atoms with Crippen LogP contribution in [0.2, 0.25) is 0 Å². The normalized spacial score (nSPS) is 10.7. The van der Waals surface area contributed by atoms with Crippen molar-refractivity contribution in [2.24, 2.45) is 0 Å². The fourth-order valence-electron chi connectivity index (χ4n) is 1.94. The van der Waals surface area contributed by atoms with Crippen molar-refractivity contribution in [2.45, 2.75) is 11.9 Å². The molecule has 2 heterocycles. The number of hydrogen-bond acceptors (Lipinski definition) is 5. The van der Waals surface area contributed by atoms with Crippen molar-refractivity contribution in [3.05, 3.63) is 47.6 Å². The van der Waals surface area contributed by atoms with Gasteiger partial charge in [-0.25, -0.2) is 9.97 Å². The van der Waals surface area contributed by atoms with E-state index >= 15 is 0 Å². The van der Waals surface area contributed by atoms with Gasteiger partial charge < -0.3 is 5.32 Å². The maximum atomic E-state index is 12.0. The third kappa shape index (κ3) is 3.40. The second kappa shape index (κ2) is 6.24. The minimum Gasteiger partial charge on any atom is -0.325 e. The number of rotatable bonds is 4. The van der Waals surface area contributed by atoms with Gasteiger partial charge in [-0.2, -0.15) is 0 Å². The van der Waals surface area contributed by atoms with Gasteiger partial charge in [0.2, 0.25) is 5.91 Å². The summed E-state index contributed by atoms with van der Waals surface area (Å²) in [6.45, 7) is 2.00. The molecule has 0 bridgehead atoms. The summed E-state index contributed by atoms with van der Waals surface area (Å²) in [5.41, 5.74) is 1.94. The zero-order valence-corrected chi connectivity index (χ0v) is 13.0. The average molecular weight is 315 g/mol. The van der Waals surface area contributed by atoms with E-state index in [0.717, 1.165) is 26.5 Å². The number of thioether (sulfide) groups is 1. The van der Waals surface area contributed by atoms with Crippen LogP contribution < -0.4 is 5.32 Å². The zero-order chi connectivity index (χ0) is 14.7. The van der Waals surface area contributed by atoms with Gasteiger partial charge in [-0.05, 0) is 36.1 Å². The number of carbonyl (C=O) groups is 1. The lowest BCUT2D eigenvalue weighted by Gasteiger charge is -2.06. The number of benzene rings is 1. The number of aromatic nitrogens is 2. The van der Waals surface area contributed by atoms with Crippen LogP contribution in [0, 0.1) is 6.92 Å². The first-order valence-corrected chi connectivity index (χ1v) is 8.26. The Morgan fingerprint density at radius 1 is 1.33 bits per heavy atom. The monoisotopic (exact) mass is 315 g/mol. The van der Waals surface area contributed by atoms with Gasteiger partial charge in [0.1, 0.15) is 16.2 Å². The van der Waals surface area contributed by atoms with Gasteiger partial charge >= 0.3 is 0 Å². The van der Waals surface area contributed by atoms with Crippen LogP contribution in [0.25, 0.3) is 10.2 Å². The van der Waals surface area contributed by atoms with Gasteiger partial charge in [0.25, 0.3) is 0 Å². The summed E-state index contributed by atoms with van der Waals surface area (Å²) in [5.74, 6) is 0.295. The second-order valence-corrected chi connectivity index (χ2v) is 6.38. The number of amides is 1. The molecule has 1 amide bonds. The summed E-state index contributed by atoms with van der Waals surface area (Å²) in [6.07, 6.45) is 1.54. The Morgan fingerprint density at radius 2 is 2.24 bits per heavy atom. The molecule has 106 valence electrons. The van der Waals surface area contributed by atoms with E-state index < -0.39 is 0 Å². The van der Waals surface area contributed by atoms with Crippen LogP contribution in [0.1, 0.15) is 5.56 Å². The van der Waals surface area contributed by atoms with E-state index in [2.05, 4.69) is 15.3 Å². The van der Waals surface area contributed by atoms with Crippen LogP contribution in [-0.4, -0.2) is 21.6 Å². The summed E-state index contributed by atoms with van der Waals surface area (Å²) in [5, 5.41) is 6.73. The van der Waals surface area contributed by atoms with Crippen LogP contribution in [0.4, 0.5) is 5.69 Å². The molecule has 2 aromatic heterocycles. The maximum absolute atomic E-state index is 12.0. The molecule has 21 heavy (non-hydrogen) atoms. The maximum Gasteiger partial charge on any atom is 0.234 e. The van der Waals surface area contributed by atoms with E-state index in [1.807, 2.05) is 42.6 Å². The van der Waals surface area contributed by atoms with Crippen LogP contribution in [-0.2, 0) is 4.79 Å². The highest BCUT2D eigenvalue weighted by Gasteiger charge is 2.08. The molecule has 4 nitrogen and oxygen atoms in total. The van der Waals surface area contributed by atoms with Crippen molar-refractivity contribution in [3.8, 4) is 0 Å². The predicted molar refractivity (Wildman–Crippen MR) is 87.9 cm³/mol. The molecule has 3 rings (SSSR count). The first-order chi connectivity index (χ1) is 10.2. The summed E-state index contributed by atoms with van der Waals surface area (Å²) >= 11 is 3.00. The molecule has 1 N–H and O–H groups in total. The van der Waals surface area contributed by atoms with Crippen molar-refractivity contribution in [2.75, 3.05) is 11.1 Å². The van der Waals surface area contributed by atoms with Crippen molar-refractivity contribution < 1.29 is 4.79 Å². The minimum absolute atomic E-state index is 0.0346. The molecule has 0 saturated heterocycles. The summed E-state index contributed by atoms with van der Waals surface area (Å²) in [6, 6.07) is 9.75. The Hall–Kier alpha value is -1.92. The molecule has 0 unspecified atom stereocenters. The fraction of sp³-hybridized carbons (Fsp3) is 0.133. The molecule has 0 saturated carbocycles. The van der Waals surface area contributed by atoms with Gasteiger partial charge in [0, 0.05) is 11.1 Å². The first-order valence-electron chi connectivity index (χ1n) is 6.40. The molecule has 0 radical (unpaired) electrons. The lowest BCUT2D eigenvalue weighted by molar-refractivity contribution is -0.113. The Balaban J connectivity index is 1.65. The number of carbonyl (C=O) groups excluding carboxylic acids is 1. The van der Waals surface area contributed by atoms with E-state index in [-0.39, 0.29) is 5.91 Å². The third-order valence-corrected chi connectivity index (χ3v) is 4.69. The number of thiophene rings is 1. The Bertz CT molecular complexity index is 785. The average Bonchev–Trinajstić information content (AvgIpc) is 2.94. The molecule has 0 spiro atoms. The third-order valence-electron chi connectivity index (χ3n) is 2.87. The molecule has 1 aromatic carbocycles. The van der Waals surface area contributed by atoms with E-state index in [1.54, 1.807) is 17.7 Å². The number of nitrogens with one attached hydrogen (secondary N) is 1. The lowest BCUT2D eigenvalue weighted by Crippen LogP contribution is -2.14. The number of anilines is 1. The highest BCUT2D eigenvalue weighted by atomic mass is 32.2. The molecule has 0 aliphatic heterocycles. The van der Waals surface area contributed by atoms with Crippen LogP contribution in [0.5, 0.6) is 0 Å².